The van der Waals surface area contributed by atoms with Gasteiger partial charge in [-0.1, -0.05) is 72.8 Å². The molecule has 0 saturated carbocycles. The number of amides is 2. The lowest BCUT2D eigenvalue weighted by Crippen LogP contribution is -2.28. The Kier molecular flexibility index (Phi) is 8.38. The first-order valence-corrected chi connectivity index (χ1v) is 10.6. The third-order valence-electron chi connectivity index (χ3n) is 4.91. The van der Waals surface area contributed by atoms with Gasteiger partial charge in [0.15, 0.2) is 6.61 Å². The van der Waals surface area contributed by atoms with Crippen LogP contribution in [0.4, 0.5) is 0 Å². The maximum absolute atomic E-state index is 12.5. The smallest absolute Gasteiger partial charge is 0.262 e. The second-order valence-electron chi connectivity index (χ2n) is 7.40. The molecule has 0 unspecified atom stereocenters. The Morgan fingerprint density at radius 2 is 1.61 bits per heavy atom. The lowest BCUT2D eigenvalue weighted by Gasteiger charge is -2.13. The van der Waals surface area contributed by atoms with Gasteiger partial charge in [-0.2, -0.15) is 5.26 Å². The van der Waals surface area contributed by atoms with Crippen molar-refractivity contribution in [2.24, 2.45) is 0 Å². The molecule has 1 atom stereocenters. The number of hydrogen-bond acceptors (Lipinski definition) is 4. The molecule has 0 fully saturated rings. The summed E-state index contributed by atoms with van der Waals surface area (Å²) in [7, 11) is 0. The van der Waals surface area contributed by atoms with Gasteiger partial charge in [-0.05, 0) is 41.8 Å². The summed E-state index contributed by atoms with van der Waals surface area (Å²) in [5, 5.41) is 15.1. The number of carbonyl (C=O) groups excluding carboxylic acids is 2. The fourth-order valence-electron chi connectivity index (χ4n) is 3.07. The highest BCUT2D eigenvalue weighted by atomic mass is 16.5. The van der Waals surface area contributed by atoms with Crippen molar-refractivity contribution in [1.82, 2.24) is 10.6 Å². The van der Waals surface area contributed by atoms with Gasteiger partial charge < -0.3 is 15.4 Å². The summed E-state index contributed by atoms with van der Waals surface area (Å²) in [6.45, 7) is 2.20. The standard InChI is InChI=1S/C27H25N3O3/c1-20(23-10-6-3-7-11-23)30-27(32)24(17-28)16-21-12-14-25(15-13-21)33-19-26(31)29-18-22-8-4-2-5-9-22/h2-16,20H,18-19H2,1H3,(H,29,31)(H,30,32)/b24-16+/t20-/m0/s1. The molecule has 3 aromatic carbocycles. The van der Waals surface area contributed by atoms with Crippen molar-refractivity contribution < 1.29 is 14.3 Å². The van der Waals surface area contributed by atoms with Gasteiger partial charge in [0.25, 0.3) is 11.8 Å². The van der Waals surface area contributed by atoms with E-state index in [-0.39, 0.29) is 24.1 Å². The van der Waals surface area contributed by atoms with E-state index in [9.17, 15) is 14.9 Å². The summed E-state index contributed by atoms with van der Waals surface area (Å²) in [6.07, 6.45) is 1.52. The lowest BCUT2D eigenvalue weighted by atomic mass is 10.1. The molecule has 3 aromatic rings. The fourth-order valence-corrected chi connectivity index (χ4v) is 3.07. The molecular formula is C27H25N3O3. The van der Waals surface area contributed by atoms with Crippen LogP contribution in [0.3, 0.4) is 0 Å². The van der Waals surface area contributed by atoms with Crippen molar-refractivity contribution >= 4 is 17.9 Å². The summed E-state index contributed by atoms with van der Waals surface area (Å²) < 4.78 is 5.51. The molecule has 0 aliphatic heterocycles. The number of carbonyl (C=O) groups is 2. The predicted molar refractivity (Wildman–Crippen MR) is 127 cm³/mol. The van der Waals surface area contributed by atoms with Crippen molar-refractivity contribution in [1.29, 1.82) is 5.26 Å². The fraction of sp³-hybridized carbons (Fsp3) is 0.148. The van der Waals surface area contributed by atoms with Crippen LogP contribution in [-0.4, -0.2) is 18.4 Å². The molecule has 2 N–H and O–H groups in total. The zero-order valence-corrected chi connectivity index (χ0v) is 18.3. The van der Waals surface area contributed by atoms with Gasteiger partial charge in [0.05, 0.1) is 6.04 Å². The Morgan fingerprint density at radius 1 is 0.970 bits per heavy atom. The van der Waals surface area contributed by atoms with Crippen molar-refractivity contribution in [3.05, 3.63) is 107 Å². The summed E-state index contributed by atoms with van der Waals surface area (Å²) >= 11 is 0. The molecular weight excluding hydrogens is 414 g/mol. The first kappa shape index (κ1) is 23.3. The van der Waals surface area contributed by atoms with Crippen molar-refractivity contribution in [3.8, 4) is 11.8 Å². The van der Waals surface area contributed by atoms with E-state index in [1.165, 1.54) is 6.08 Å². The number of nitrogens with one attached hydrogen (secondary N) is 2. The van der Waals surface area contributed by atoms with Crippen LogP contribution >= 0.6 is 0 Å². The number of nitriles is 1. The van der Waals surface area contributed by atoms with Crippen molar-refractivity contribution in [2.45, 2.75) is 19.5 Å². The quantitative estimate of drug-likeness (QED) is 0.387. The van der Waals surface area contributed by atoms with E-state index in [1.807, 2.05) is 73.7 Å². The van der Waals surface area contributed by atoms with Crippen LogP contribution in [0.25, 0.3) is 6.08 Å². The highest BCUT2D eigenvalue weighted by Crippen LogP contribution is 2.16. The Balaban J connectivity index is 1.52. The van der Waals surface area contributed by atoms with E-state index < -0.39 is 5.91 Å². The maximum atomic E-state index is 12.5. The predicted octanol–water partition coefficient (Wildman–Crippen LogP) is 4.17. The molecule has 6 nitrogen and oxygen atoms in total. The van der Waals surface area contributed by atoms with Crippen LogP contribution in [-0.2, 0) is 16.1 Å². The van der Waals surface area contributed by atoms with E-state index in [4.69, 9.17) is 4.74 Å². The van der Waals surface area contributed by atoms with Crippen molar-refractivity contribution in [3.63, 3.8) is 0 Å². The summed E-state index contributed by atoms with van der Waals surface area (Å²) in [5.74, 6) is -0.147. The minimum Gasteiger partial charge on any atom is -0.484 e. The van der Waals surface area contributed by atoms with Crippen LogP contribution in [0.15, 0.2) is 90.5 Å². The molecule has 3 rings (SSSR count). The Hall–Kier alpha value is -4.37. The molecule has 0 aliphatic carbocycles. The number of rotatable bonds is 9. The molecule has 166 valence electrons. The highest BCUT2D eigenvalue weighted by molar-refractivity contribution is 6.01. The third kappa shape index (κ3) is 7.37. The number of nitrogens with zero attached hydrogens (tertiary/aromatic N) is 1. The summed E-state index contributed by atoms with van der Waals surface area (Å²) in [4.78, 5) is 24.5. The van der Waals surface area contributed by atoms with Gasteiger partial charge in [-0.15, -0.1) is 0 Å². The third-order valence-corrected chi connectivity index (χ3v) is 4.91. The van der Waals surface area contributed by atoms with Gasteiger partial charge in [-0.25, -0.2) is 0 Å². The second-order valence-corrected chi connectivity index (χ2v) is 7.40. The molecule has 0 saturated heterocycles. The average molecular weight is 440 g/mol. The van der Waals surface area contributed by atoms with E-state index in [2.05, 4.69) is 10.6 Å². The molecule has 33 heavy (non-hydrogen) atoms. The highest BCUT2D eigenvalue weighted by Gasteiger charge is 2.13. The number of benzene rings is 3. The maximum Gasteiger partial charge on any atom is 0.262 e. The Labute approximate surface area is 193 Å². The average Bonchev–Trinajstić information content (AvgIpc) is 2.86. The van der Waals surface area contributed by atoms with E-state index in [1.54, 1.807) is 24.3 Å². The van der Waals surface area contributed by atoms with Crippen LogP contribution in [0, 0.1) is 11.3 Å². The molecule has 0 spiro atoms. The van der Waals surface area contributed by atoms with E-state index in [0.717, 1.165) is 11.1 Å². The Morgan fingerprint density at radius 3 is 2.24 bits per heavy atom. The Bertz CT molecular complexity index is 1130. The zero-order valence-electron chi connectivity index (χ0n) is 18.3. The van der Waals surface area contributed by atoms with Crippen LogP contribution in [0.2, 0.25) is 0 Å². The normalized spacial score (nSPS) is 11.7. The molecule has 0 aromatic heterocycles. The van der Waals surface area contributed by atoms with Crippen LogP contribution in [0.1, 0.15) is 29.7 Å². The van der Waals surface area contributed by atoms with Gasteiger partial charge in [-0.3, -0.25) is 9.59 Å². The largest absolute Gasteiger partial charge is 0.484 e. The topological polar surface area (TPSA) is 91.2 Å². The minimum atomic E-state index is -0.440. The lowest BCUT2D eigenvalue weighted by molar-refractivity contribution is -0.123. The number of hydrogen-bond donors (Lipinski definition) is 2. The molecule has 2 amide bonds. The SMILES string of the molecule is C[C@H](NC(=O)/C(C#N)=C/c1ccc(OCC(=O)NCc2ccccc2)cc1)c1ccccc1. The van der Waals surface area contributed by atoms with Crippen LogP contribution < -0.4 is 15.4 Å². The van der Waals surface area contributed by atoms with Crippen molar-refractivity contribution in [2.75, 3.05) is 6.61 Å². The van der Waals surface area contributed by atoms with E-state index >= 15 is 0 Å². The first-order chi connectivity index (χ1) is 16.0. The molecule has 0 bridgehead atoms. The second kappa shape index (κ2) is 11.9. The van der Waals surface area contributed by atoms with Gasteiger partial charge in [0.2, 0.25) is 0 Å². The molecule has 0 heterocycles. The zero-order chi connectivity index (χ0) is 23.5. The molecule has 0 aliphatic rings. The molecule has 0 radical (unpaired) electrons. The van der Waals surface area contributed by atoms with Gasteiger partial charge in [0.1, 0.15) is 17.4 Å². The van der Waals surface area contributed by atoms with Gasteiger partial charge in [0, 0.05) is 6.54 Å². The van der Waals surface area contributed by atoms with Gasteiger partial charge >= 0.3 is 0 Å². The summed E-state index contributed by atoms with van der Waals surface area (Å²) in [6, 6.07) is 27.7. The van der Waals surface area contributed by atoms with Crippen LogP contribution in [0.5, 0.6) is 5.75 Å². The number of ether oxygens (including phenoxy) is 1. The molecule has 6 heteroatoms. The minimum absolute atomic E-state index is 0.00624. The summed E-state index contributed by atoms with van der Waals surface area (Å²) in [5.41, 5.74) is 2.65. The van der Waals surface area contributed by atoms with E-state index in [0.29, 0.717) is 17.9 Å². The first-order valence-electron chi connectivity index (χ1n) is 10.6. The monoisotopic (exact) mass is 439 g/mol.